The van der Waals surface area contributed by atoms with Crippen molar-refractivity contribution in [2.75, 3.05) is 0 Å². The Morgan fingerprint density at radius 2 is 2.00 bits per heavy atom. The first-order chi connectivity index (χ1) is 8.38. The Labute approximate surface area is 100 Å². The number of nitrogens with zero attached hydrogens (tertiary/aromatic N) is 1. The molecule has 0 aliphatic heterocycles. The SMILES string of the molecule is O=C(O)C1(c2cc(F)c(F)c([N+](=O)[O-])c2)CCC1. The first-order valence-electron chi connectivity index (χ1n) is 5.26. The number of aliphatic carboxylic acids is 1. The van der Waals surface area contributed by atoms with Gasteiger partial charge in [0.2, 0.25) is 5.82 Å². The van der Waals surface area contributed by atoms with Gasteiger partial charge in [-0.15, -0.1) is 0 Å². The molecule has 0 heterocycles. The molecular weight excluding hydrogens is 248 g/mol. The smallest absolute Gasteiger partial charge is 0.314 e. The summed E-state index contributed by atoms with van der Waals surface area (Å²) in [5.74, 6) is -4.13. The first-order valence-corrected chi connectivity index (χ1v) is 5.26. The molecule has 1 aliphatic carbocycles. The van der Waals surface area contributed by atoms with E-state index in [9.17, 15) is 23.7 Å². The number of nitro benzene ring substituents is 1. The van der Waals surface area contributed by atoms with Gasteiger partial charge in [-0.1, -0.05) is 6.42 Å². The maximum absolute atomic E-state index is 13.3. The average Bonchev–Trinajstić information content (AvgIpc) is 2.20. The van der Waals surface area contributed by atoms with Crippen molar-refractivity contribution in [2.24, 2.45) is 0 Å². The van der Waals surface area contributed by atoms with E-state index in [4.69, 9.17) is 5.11 Å². The second-order valence-corrected chi connectivity index (χ2v) is 4.29. The van der Waals surface area contributed by atoms with E-state index >= 15 is 0 Å². The standard InChI is InChI=1S/C11H9F2NO4/c12-7-4-6(5-8(9(7)13)14(17)18)11(10(15)16)2-1-3-11/h4-5H,1-3H2,(H,15,16). The monoisotopic (exact) mass is 257 g/mol. The maximum atomic E-state index is 13.3. The van der Waals surface area contributed by atoms with E-state index in [1.165, 1.54) is 0 Å². The van der Waals surface area contributed by atoms with Crippen molar-refractivity contribution in [2.45, 2.75) is 24.7 Å². The number of hydrogen-bond acceptors (Lipinski definition) is 3. The number of carboxylic acids is 1. The molecule has 1 aromatic rings. The summed E-state index contributed by atoms with van der Waals surface area (Å²) >= 11 is 0. The third-order valence-corrected chi connectivity index (χ3v) is 3.37. The number of benzene rings is 1. The van der Waals surface area contributed by atoms with Crippen molar-refractivity contribution in [1.29, 1.82) is 0 Å². The predicted molar refractivity (Wildman–Crippen MR) is 56.2 cm³/mol. The number of carbonyl (C=O) groups is 1. The van der Waals surface area contributed by atoms with Crippen molar-refractivity contribution in [3.05, 3.63) is 39.4 Å². The summed E-state index contributed by atoms with van der Waals surface area (Å²) in [6, 6.07) is 1.54. The van der Waals surface area contributed by atoms with Crippen LogP contribution in [0.1, 0.15) is 24.8 Å². The Balaban J connectivity index is 2.59. The van der Waals surface area contributed by atoms with E-state index in [2.05, 4.69) is 0 Å². The third kappa shape index (κ3) is 1.62. The van der Waals surface area contributed by atoms with Crippen LogP contribution in [-0.4, -0.2) is 16.0 Å². The fourth-order valence-electron chi connectivity index (χ4n) is 2.14. The zero-order valence-electron chi connectivity index (χ0n) is 9.15. The molecule has 0 atom stereocenters. The molecule has 1 aromatic carbocycles. The molecule has 0 unspecified atom stereocenters. The summed E-state index contributed by atoms with van der Waals surface area (Å²) in [7, 11) is 0. The number of halogens is 2. The summed E-state index contributed by atoms with van der Waals surface area (Å²) in [4.78, 5) is 20.7. The van der Waals surface area contributed by atoms with Gasteiger partial charge >= 0.3 is 11.7 Å². The van der Waals surface area contributed by atoms with Gasteiger partial charge in [-0.2, -0.15) is 4.39 Å². The summed E-state index contributed by atoms with van der Waals surface area (Å²) in [6.45, 7) is 0. The number of rotatable bonds is 3. The minimum atomic E-state index is -1.57. The summed E-state index contributed by atoms with van der Waals surface area (Å²) in [6.07, 6.45) is 1.17. The van der Waals surface area contributed by atoms with Crippen molar-refractivity contribution in [1.82, 2.24) is 0 Å². The largest absolute Gasteiger partial charge is 0.481 e. The molecule has 96 valence electrons. The van der Waals surface area contributed by atoms with Gasteiger partial charge < -0.3 is 5.11 Å². The Kier molecular flexibility index (Phi) is 2.76. The van der Waals surface area contributed by atoms with Crippen molar-refractivity contribution in [3.63, 3.8) is 0 Å². The van der Waals surface area contributed by atoms with Crippen LogP contribution >= 0.6 is 0 Å². The minimum absolute atomic E-state index is 0.0492. The summed E-state index contributed by atoms with van der Waals surface area (Å²) < 4.78 is 26.5. The average molecular weight is 257 g/mol. The molecule has 1 aliphatic rings. The van der Waals surface area contributed by atoms with E-state index in [1.807, 2.05) is 0 Å². The van der Waals surface area contributed by atoms with Gasteiger partial charge in [-0.25, -0.2) is 4.39 Å². The second-order valence-electron chi connectivity index (χ2n) is 4.29. The van der Waals surface area contributed by atoms with Crippen LogP contribution in [0.3, 0.4) is 0 Å². The zero-order valence-corrected chi connectivity index (χ0v) is 9.15. The molecule has 0 bridgehead atoms. The van der Waals surface area contributed by atoms with E-state index < -0.39 is 33.6 Å². The molecule has 1 fully saturated rings. The molecule has 0 amide bonds. The van der Waals surface area contributed by atoms with E-state index in [0.29, 0.717) is 6.42 Å². The third-order valence-electron chi connectivity index (χ3n) is 3.37. The van der Waals surface area contributed by atoms with Gasteiger partial charge in [-0.3, -0.25) is 14.9 Å². The molecule has 7 heteroatoms. The molecule has 1 N–H and O–H groups in total. The van der Waals surface area contributed by atoms with Crippen LogP contribution in [0.15, 0.2) is 12.1 Å². The molecule has 2 rings (SSSR count). The first kappa shape index (κ1) is 12.4. The van der Waals surface area contributed by atoms with Crippen LogP contribution in [0, 0.1) is 21.7 Å². The van der Waals surface area contributed by atoms with Gasteiger partial charge in [0.05, 0.1) is 10.3 Å². The minimum Gasteiger partial charge on any atom is -0.481 e. The van der Waals surface area contributed by atoms with E-state index in [0.717, 1.165) is 12.1 Å². The van der Waals surface area contributed by atoms with E-state index in [1.54, 1.807) is 0 Å². The normalized spacial score (nSPS) is 17.0. The van der Waals surface area contributed by atoms with Crippen LogP contribution in [0.4, 0.5) is 14.5 Å². The van der Waals surface area contributed by atoms with Gasteiger partial charge in [0.15, 0.2) is 5.82 Å². The highest BCUT2D eigenvalue weighted by atomic mass is 19.2. The molecular formula is C11H9F2NO4. The van der Waals surface area contributed by atoms with Crippen LogP contribution in [0.5, 0.6) is 0 Å². The summed E-state index contributed by atoms with van der Waals surface area (Å²) in [5, 5.41) is 19.7. The lowest BCUT2D eigenvalue weighted by Gasteiger charge is -2.37. The van der Waals surface area contributed by atoms with Crippen molar-refractivity contribution < 1.29 is 23.6 Å². The summed E-state index contributed by atoms with van der Waals surface area (Å²) in [5.41, 5.74) is -2.40. The highest BCUT2D eigenvalue weighted by molar-refractivity contribution is 5.82. The van der Waals surface area contributed by atoms with Crippen LogP contribution in [0.2, 0.25) is 0 Å². The Morgan fingerprint density at radius 1 is 1.39 bits per heavy atom. The molecule has 0 aromatic heterocycles. The van der Waals surface area contributed by atoms with Crippen LogP contribution in [0.25, 0.3) is 0 Å². The fourth-order valence-corrected chi connectivity index (χ4v) is 2.14. The Bertz CT molecular complexity index is 540. The maximum Gasteiger partial charge on any atom is 0.314 e. The highest BCUT2D eigenvalue weighted by Crippen LogP contribution is 2.45. The lowest BCUT2D eigenvalue weighted by Crippen LogP contribution is -2.42. The topological polar surface area (TPSA) is 80.4 Å². The molecule has 18 heavy (non-hydrogen) atoms. The van der Waals surface area contributed by atoms with Crippen molar-refractivity contribution in [3.8, 4) is 0 Å². The highest BCUT2D eigenvalue weighted by Gasteiger charge is 2.47. The number of carboxylic acid groups (broad SMARTS) is 1. The predicted octanol–water partition coefficient (Wildman–Crippen LogP) is 2.38. The van der Waals surface area contributed by atoms with Gasteiger partial charge in [0, 0.05) is 6.07 Å². The molecule has 0 saturated heterocycles. The molecule has 0 radical (unpaired) electrons. The number of nitro groups is 1. The second kappa shape index (κ2) is 4.01. The van der Waals surface area contributed by atoms with Crippen molar-refractivity contribution >= 4 is 11.7 Å². The van der Waals surface area contributed by atoms with Crippen LogP contribution in [-0.2, 0) is 10.2 Å². The molecule has 0 spiro atoms. The van der Waals surface area contributed by atoms with Gasteiger partial charge in [0.25, 0.3) is 0 Å². The van der Waals surface area contributed by atoms with E-state index in [-0.39, 0.29) is 18.4 Å². The molecule has 5 nitrogen and oxygen atoms in total. The van der Waals surface area contributed by atoms with Crippen LogP contribution < -0.4 is 0 Å². The Morgan fingerprint density at radius 3 is 2.39 bits per heavy atom. The quantitative estimate of drug-likeness (QED) is 0.665. The number of hydrogen-bond donors (Lipinski definition) is 1. The zero-order chi connectivity index (χ0) is 13.5. The lowest BCUT2D eigenvalue weighted by molar-refractivity contribution is -0.387. The fraction of sp³-hybridized carbons (Fsp3) is 0.364. The molecule has 1 saturated carbocycles. The van der Waals surface area contributed by atoms with Gasteiger partial charge in [-0.05, 0) is 24.5 Å². The van der Waals surface area contributed by atoms with Gasteiger partial charge in [0.1, 0.15) is 0 Å². The lowest BCUT2D eigenvalue weighted by atomic mass is 9.64. The Hall–Kier alpha value is -2.05.